The van der Waals surface area contributed by atoms with Gasteiger partial charge in [0.15, 0.2) is 0 Å². The van der Waals surface area contributed by atoms with E-state index in [2.05, 4.69) is 10.6 Å². The van der Waals surface area contributed by atoms with E-state index in [9.17, 15) is 14.7 Å². The summed E-state index contributed by atoms with van der Waals surface area (Å²) in [5, 5.41) is 15.9. The second-order valence-corrected chi connectivity index (χ2v) is 6.86. The number of hydrogen-bond donors (Lipinski definition) is 3. The second kappa shape index (κ2) is 9.91. The lowest BCUT2D eigenvalue weighted by molar-refractivity contribution is -0.122. The Morgan fingerprint density at radius 1 is 1.00 bits per heavy atom. The molecule has 0 aliphatic heterocycles. The lowest BCUT2D eigenvalue weighted by atomic mass is 10.0. The fourth-order valence-electron chi connectivity index (χ4n) is 2.87. The Balaban J connectivity index is 1.67. The Bertz CT molecular complexity index is 944. The van der Waals surface area contributed by atoms with Crippen molar-refractivity contribution in [3.63, 3.8) is 0 Å². The summed E-state index contributed by atoms with van der Waals surface area (Å²) in [6, 6.07) is 18.7. The Labute approximate surface area is 173 Å². The molecule has 6 nitrogen and oxygen atoms in total. The van der Waals surface area contributed by atoms with Gasteiger partial charge in [0.25, 0.3) is 5.91 Å². The number of amides is 2. The molecule has 2 atom stereocenters. The standard InChI is InChI=1S/C22H21ClN2O4/c23-17-10-5-4-9-16(17)22(28)25-18(15-7-2-1-3-8-15)13-21(27)24-14-19(26)20-11-6-12-29-20/h1-12,18-19,26H,13-14H2,(H,24,27)(H,25,28). The first-order valence-electron chi connectivity index (χ1n) is 9.13. The van der Waals surface area contributed by atoms with E-state index in [4.69, 9.17) is 16.0 Å². The zero-order chi connectivity index (χ0) is 20.6. The molecule has 3 aromatic rings. The summed E-state index contributed by atoms with van der Waals surface area (Å²) in [5.74, 6) is -0.311. The first-order chi connectivity index (χ1) is 14.0. The summed E-state index contributed by atoms with van der Waals surface area (Å²) in [4.78, 5) is 25.1. The molecule has 3 N–H and O–H groups in total. The summed E-state index contributed by atoms with van der Waals surface area (Å²) >= 11 is 6.11. The van der Waals surface area contributed by atoms with Crippen LogP contribution in [-0.2, 0) is 4.79 Å². The fraction of sp³-hybridized carbons (Fsp3) is 0.182. The lowest BCUT2D eigenvalue weighted by Crippen LogP contribution is -2.35. The van der Waals surface area contributed by atoms with Crippen LogP contribution in [0.25, 0.3) is 0 Å². The molecular formula is C22H21ClN2O4. The topological polar surface area (TPSA) is 91.6 Å². The van der Waals surface area contributed by atoms with Gasteiger partial charge in [-0.1, -0.05) is 54.1 Å². The van der Waals surface area contributed by atoms with Crippen LogP contribution in [-0.4, -0.2) is 23.5 Å². The van der Waals surface area contributed by atoms with Gasteiger partial charge in [-0.15, -0.1) is 0 Å². The third kappa shape index (κ3) is 5.70. The van der Waals surface area contributed by atoms with Crippen LogP contribution in [0.2, 0.25) is 5.02 Å². The molecule has 2 unspecified atom stereocenters. The third-order valence-corrected chi connectivity index (χ3v) is 4.71. The highest BCUT2D eigenvalue weighted by atomic mass is 35.5. The Morgan fingerprint density at radius 2 is 1.72 bits per heavy atom. The average molecular weight is 413 g/mol. The Hall–Kier alpha value is -3.09. The Kier molecular flexibility index (Phi) is 7.05. The highest BCUT2D eigenvalue weighted by molar-refractivity contribution is 6.33. The molecule has 150 valence electrons. The number of hydrogen-bond acceptors (Lipinski definition) is 4. The van der Waals surface area contributed by atoms with Gasteiger partial charge in [0, 0.05) is 0 Å². The normalized spacial score (nSPS) is 12.8. The highest BCUT2D eigenvalue weighted by Gasteiger charge is 2.21. The summed E-state index contributed by atoms with van der Waals surface area (Å²) in [6.07, 6.45) is 0.517. The van der Waals surface area contributed by atoms with E-state index < -0.39 is 12.1 Å². The van der Waals surface area contributed by atoms with Gasteiger partial charge in [-0.05, 0) is 29.8 Å². The molecule has 7 heteroatoms. The summed E-state index contributed by atoms with van der Waals surface area (Å²) < 4.78 is 5.12. The SMILES string of the molecule is O=C(CC(NC(=O)c1ccccc1Cl)c1ccccc1)NCC(O)c1ccco1. The van der Waals surface area contributed by atoms with Crippen molar-refractivity contribution in [1.82, 2.24) is 10.6 Å². The summed E-state index contributed by atoms with van der Waals surface area (Å²) in [7, 11) is 0. The van der Waals surface area contributed by atoms with E-state index in [1.165, 1.54) is 6.26 Å². The molecule has 3 rings (SSSR count). The largest absolute Gasteiger partial charge is 0.467 e. The van der Waals surface area contributed by atoms with Gasteiger partial charge < -0.3 is 20.2 Å². The second-order valence-electron chi connectivity index (χ2n) is 6.46. The first kappa shape index (κ1) is 20.6. The minimum atomic E-state index is -0.943. The van der Waals surface area contributed by atoms with Crippen molar-refractivity contribution in [2.24, 2.45) is 0 Å². The van der Waals surface area contributed by atoms with Crippen LogP contribution in [0.15, 0.2) is 77.4 Å². The van der Waals surface area contributed by atoms with Crippen molar-refractivity contribution in [2.75, 3.05) is 6.54 Å². The molecule has 0 bridgehead atoms. The van der Waals surface area contributed by atoms with Crippen molar-refractivity contribution >= 4 is 23.4 Å². The van der Waals surface area contributed by atoms with Crippen molar-refractivity contribution in [2.45, 2.75) is 18.6 Å². The molecule has 1 aromatic heterocycles. The number of carbonyl (C=O) groups excluding carboxylic acids is 2. The molecule has 0 aliphatic carbocycles. The summed E-state index contributed by atoms with van der Waals surface area (Å²) in [5.41, 5.74) is 1.12. The van der Waals surface area contributed by atoms with Gasteiger partial charge in [0.1, 0.15) is 11.9 Å². The monoisotopic (exact) mass is 412 g/mol. The molecule has 0 aliphatic rings. The van der Waals surface area contributed by atoms with E-state index in [0.29, 0.717) is 16.3 Å². The van der Waals surface area contributed by atoms with Crippen molar-refractivity contribution in [3.8, 4) is 0 Å². The van der Waals surface area contributed by atoms with Crippen LogP contribution in [0, 0.1) is 0 Å². The number of rotatable bonds is 8. The third-order valence-electron chi connectivity index (χ3n) is 4.38. The first-order valence-corrected chi connectivity index (χ1v) is 9.51. The molecule has 0 saturated heterocycles. The molecule has 2 aromatic carbocycles. The number of nitrogens with one attached hydrogen (secondary N) is 2. The molecule has 1 heterocycles. The number of aliphatic hydroxyl groups excluding tert-OH is 1. The van der Waals surface area contributed by atoms with E-state index in [0.717, 1.165) is 5.56 Å². The highest BCUT2D eigenvalue weighted by Crippen LogP contribution is 2.20. The van der Waals surface area contributed by atoms with Crippen LogP contribution in [0.5, 0.6) is 0 Å². The lowest BCUT2D eigenvalue weighted by Gasteiger charge is -2.20. The zero-order valence-electron chi connectivity index (χ0n) is 15.5. The molecule has 0 spiro atoms. The van der Waals surface area contributed by atoms with Crippen LogP contribution in [0.4, 0.5) is 0 Å². The maximum atomic E-state index is 12.7. The molecule has 0 radical (unpaired) electrons. The quantitative estimate of drug-likeness (QED) is 0.526. The van der Waals surface area contributed by atoms with E-state index in [1.54, 1.807) is 36.4 Å². The molecule has 2 amide bonds. The van der Waals surface area contributed by atoms with Crippen LogP contribution < -0.4 is 10.6 Å². The maximum absolute atomic E-state index is 12.7. The number of benzene rings is 2. The molecular weight excluding hydrogens is 392 g/mol. The van der Waals surface area contributed by atoms with E-state index in [1.807, 2.05) is 30.3 Å². The number of halogens is 1. The van der Waals surface area contributed by atoms with Gasteiger partial charge in [0.05, 0.1) is 35.9 Å². The summed E-state index contributed by atoms with van der Waals surface area (Å²) in [6.45, 7) is 0.00627. The van der Waals surface area contributed by atoms with Gasteiger partial charge in [-0.2, -0.15) is 0 Å². The van der Waals surface area contributed by atoms with Gasteiger partial charge in [-0.25, -0.2) is 0 Å². The van der Waals surface area contributed by atoms with E-state index >= 15 is 0 Å². The molecule has 0 saturated carbocycles. The maximum Gasteiger partial charge on any atom is 0.253 e. The fourth-order valence-corrected chi connectivity index (χ4v) is 3.09. The molecule has 0 fully saturated rings. The number of furan rings is 1. The van der Waals surface area contributed by atoms with Crippen LogP contribution in [0.1, 0.15) is 40.2 Å². The minimum Gasteiger partial charge on any atom is -0.467 e. The zero-order valence-corrected chi connectivity index (χ0v) is 16.3. The van der Waals surface area contributed by atoms with Gasteiger partial charge in [0.2, 0.25) is 5.91 Å². The number of aliphatic hydroxyl groups is 1. The predicted octanol–water partition coefficient (Wildman–Crippen LogP) is 3.64. The Morgan fingerprint density at radius 3 is 2.41 bits per heavy atom. The van der Waals surface area contributed by atoms with Crippen molar-refractivity contribution < 1.29 is 19.1 Å². The van der Waals surface area contributed by atoms with Gasteiger partial charge >= 0.3 is 0 Å². The number of carbonyl (C=O) groups is 2. The minimum absolute atomic E-state index is 0.00504. The van der Waals surface area contributed by atoms with Crippen LogP contribution in [0.3, 0.4) is 0 Å². The predicted molar refractivity (Wildman–Crippen MR) is 109 cm³/mol. The molecule has 29 heavy (non-hydrogen) atoms. The van der Waals surface area contributed by atoms with Crippen molar-refractivity contribution in [3.05, 3.63) is 94.9 Å². The average Bonchev–Trinajstić information content (AvgIpc) is 3.27. The van der Waals surface area contributed by atoms with Crippen LogP contribution >= 0.6 is 11.6 Å². The smallest absolute Gasteiger partial charge is 0.253 e. The van der Waals surface area contributed by atoms with Crippen molar-refractivity contribution in [1.29, 1.82) is 0 Å². The van der Waals surface area contributed by atoms with E-state index in [-0.39, 0.29) is 24.8 Å². The van der Waals surface area contributed by atoms with Gasteiger partial charge in [-0.3, -0.25) is 9.59 Å².